The fraction of sp³-hybridized carbons (Fsp3) is 0.200. The quantitative estimate of drug-likeness (QED) is 0.616. The van der Waals surface area contributed by atoms with Crippen molar-refractivity contribution in [3.05, 3.63) is 21.1 Å². The lowest BCUT2D eigenvalue weighted by molar-refractivity contribution is 0.798. The van der Waals surface area contributed by atoms with Crippen LogP contribution in [0.25, 0.3) is 5.78 Å². The Bertz CT molecular complexity index is 486. The number of hydrogen-bond acceptors (Lipinski definition) is 4. The lowest BCUT2D eigenvalue weighted by Gasteiger charge is -1.93. The number of aromatic amines is 1. The van der Waals surface area contributed by atoms with Gasteiger partial charge in [-0.25, -0.2) is 4.98 Å². The van der Waals surface area contributed by atoms with Gasteiger partial charge >= 0.3 is 0 Å². The van der Waals surface area contributed by atoms with Crippen LogP contribution in [0.15, 0.2) is 4.79 Å². The van der Waals surface area contributed by atoms with Crippen LogP contribution in [-0.4, -0.2) is 25.0 Å². The third kappa shape index (κ3) is 0.814. The molecule has 2 heterocycles. The number of nitrogens with one attached hydrogen (secondary N) is 1. The Hall–Kier alpha value is -1.43. The van der Waals surface area contributed by atoms with Gasteiger partial charge < -0.3 is 0 Å². The predicted octanol–water partition coefficient (Wildman–Crippen LogP) is -0.226. The van der Waals surface area contributed by atoms with Gasteiger partial charge in [0.1, 0.15) is 5.02 Å². The summed E-state index contributed by atoms with van der Waals surface area (Å²) in [5.41, 5.74) is 0.0692. The normalized spacial score (nSPS) is 10.8. The predicted molar refractivity (Wildman–Crippen MR) is 41.1 cm³/mol. The van der Waals surface area contributed by atoms with Crippen LogP contribution in [-0.2, 0) is 0 Å². The van der Waals surface area contributed by atoms with Gasteiger partial charge in [0.2, 0.25) is 0 Å². The SMILES string of the molecule is Cc1nc2nn[nH]n2c(=O)c1Cl. The Kier molecular flexibility index (Phi) is 1.37. The summed E-state index contributed by atoms with van der Waals surface area (Å²) in [6.07, 6.45) is 0. The van der Waals surface area contributed by atoms with E-state index >= 15 is 0 Å². The molecular weight excluding hydrogens is 182 g/mol. The summed E-state index contributed by atoms with van der Waals surface area (Å²) in [6.45, 7) is 1.64. The molecule has 1 N–H and O–H groups in total. The van der Waals surface area contributed by atoms with Crippen molar-refractivity contribution in [1.82, 2.24) is 25.0 Å². The van der Waals surface area contributed by atoms with Crippen molar-refractivity contribution in [2.24, 2.45) is 0 Å². The zero-order chi connectivity index (χ0) is 8.72. The molecule has 0 aliphatic rings. The molecule has 0 atom stereocenters. The zero-order valence-corrected chi connectivity index (χ0v) is 6.83. The number of rotatable bonds is 0. The van der Waals surface area contributed by atoms with E-state index in [1.165, 1.54) is 0 Å². The van der Waals surface area contributed by atoms with Crippen LogP contribution in [0.4, 0.5) is 0 Å². The minimum absolute atomic E-state index is 0.0820. The fourth-order valence-electron chi connectivity index (χ4n) is 0.862. The minimum Gasteiger partial charge on any atom is -0.266 e. The summed E-state index contributed by atoms with van der Waals surface area (Å²) < 4.78 is 1.08. The van der Waals surface area contributed by atoms with E-state index in [-0.39, 0.29) is 16.4 Å². The van der Waals surface area contributed by atoms with Crippen LogP contribution in [0.1, 0.15) is 5.69 Å². The molecule has 0 radical (unpaired) electrons. The second-order valence-corrected chi connectivity index (χ2v) is 2.63. The molecule has 0 fully saturated rings. The molecule has 0 aromatic carbocycles. The Morgan fingerprint density at radius 1 is 1.58 bits per heavy atom. The molecule has 2 rings (SSSR count). The molecule has 0 saturated carbocycles. The number of tetrazole rings is 1. The van der Waals surface area contributed by atoms with Crippen LogP contribution in [0.2, 0.25) is 5.02 Å². The number of fused-ring (bicyclic) bond motifs is 1. The highest BCUT2D eigenvalue weighted by Crippen LogP contribution is 2.05. The average molecular weight is 186 g/mol. The molecule has 0 spiro atoms. The third-order valence-electron chi connectivity index (χ3n) is 1.46. The number of H-pyrrole nitrogens is 1. The Morgan fingerprint density at radius 2 is 2.33 bits per heavy atom. The van der Waals surface area contributed by atoms with Gasteiger partial charge in [-0.1, -0.05) is 16.7 Å². The van der Waals surface area contributed by atoms with Crippen molar-refractivity contribution in [3.63, 3.8) is 0 Å². The molecular formula is C5H4ClN5O. The number of aromatic nitrogens is 5. The largest absolute Gasteiger partial charge is 0.294 e. The van der Waals surface area contributed by atoms with Crippen molar-refractivity contribution < 1.29 is 0 Å². The van der Waals surface area contributed by atoms with E-state index in [2.05, 4.69) is 20.5 Å². The number of nitrogens with zero attached hydrogens (tertiary/aromatic N) is 4. The van der Waals surface area contributed by atoms with Gasteiger partial charge in [-0.3, -0.25) is 4.79 Å². The monoisotopic (exact) mass is 185 g/mol. The summed E-state index contributed by atoms with van der Waals surface area (Å²) in [5.74, 6) is 0.224. The van der Waals surface area contributed by atoms with Gasteiger partial charge in [-0.05, 0) is 12.1 Å². The highest BCUT2D eigenvalue weighted by Gasteiger charge is 2.08. The van der Waals surface area contributed by atoms with Gasteiger partial charge in [0.15, 0.2) is 0 Å². The second kappa shape index (κ2) is 2.28. The van der Waals surface area contributed by atoms with Crippen molar-refractivity contribution >= 4 is 17.4 Å². The molecule has 7 heteroatoms. The molecule has 0 amide bonds. The van der Waals surface area contributed by atoms with Crippen molar-refractivity contribution in [3.8, 4) is 0 Å². The van der Waals surface area contributed by atoms with E-state index in [0.717, 1.165) is 4.52 Å². The summed E-state index contributed by atoms with van der Waals surface area (Å²) in [7, 11) is 0. The maximum atomic E-state index is 11.3. The fourth-order valence-corrected chi connectivity index (χ4v) is 0.989. The first-order chi connectivity index (χ1) is 5.70. The van der Waals surface area contributed by atoms with Gasteiger partial charge in [-0.2, -0.15) is 9.73 Å². The highest BCUT2D eigenvalue weighted by atomic mass is 35.5. The maximum Gasteiger partial charge on any atom is 0.294 e. The average Bonchev–Trinajstić information content (AvgIpc) is 2.48. The van der Waals surface area contributed by atoms with E-state index < -0.39 is 0 Å². The highest BCUT2D eigenvalue weighted by molar-refractivity contribution is 6.31. The summed E-state index contributed by atoms with van der Waals surface area (Å²) >= 11 is 5.64. The lowest BCUT2D eigenvalue weighted by atomic mass is 10.4. The van der Waals surface area contributed by atoms with Crippen LogP contribution in [0.5, 0.6) is 0 Å². The summed E-state index contributed by atoms with van der Waals surface area (Å²) in [6, 6.07) is 0. The maximum absolute atomic E-state index is 11.3. The van der Waals surface area contributed by atoms with E-state index in [0.29, 0.717) is 5.69 Å². The van der Waals surface area contributed by atoms with Crippen LogP contribution < -0.4 is 5.56 Å². The third-order valence-corrected chi connectivity index (χ3v) is 1.90. The van der Waals surface area contributed by atoms with Crippen LogP contribution >= 0.6 is 11.6 Å². The molecule has 0 saturated heterocycles. The van der Waals surface area contributed by atoms with E-state index in [4.69, 9.17) is 11.6 Å². The Balaban J connectivity index is 3.05. The van der Waals surface area contributed by atoms with Crippen molar-refractivity contribution in [1.29, 1.82) is 0 Å². The molecule has 62 valence electrons. The summed E-state index contributed by atoms with van der Waals surface area (Å²) in [5, 5.41) is 9.41. The van der Waals surface area contributed by atoms with Gasteiger partial charge in [0.25, 0.3) is 11.3 Å². The first-order valence-electron chi connectivity index (χ1n) is 3.16. The lowest BCUT2D eigenvalue weighted by Crippen LogP contribution is -2.17. The molecule has 12 heavy (non-hydrogen) atoms. The van der Waals surface area contributed by atoms with Crippen LogP contribution in [0, 0.1) is 6.92 Å². The molecule has 2 aromatic rings. The molecule has 0 bridgehead atoms. The number of halogens is 1. The van der Waals surface area contributed by atoms with Gasteiger partial charge in [0.05, 0.1) is 5.69 Å². The van der Waals surface area contributed by atoms with Crippen molar-refractivity contribution in [2.75, 3.05) is 0 Å². The number of aryl methyl sites for hydroxylation is 1. The van der Waals surface area contributed by atoms with E-state index in [1.54, 1.807) is 6.92 Å². The van der Waals surface area contributed by atoms with Gasteiger partial charge in [-0.15, -0.1) is 0 Å². The molecule has 0 aliphatic heterocycles. The molecule has 0 unspecified atom stereocenters. The number of hydrogen-bond donors (Lipinski definition) is 1. The van der Waals surface area contributed by atoms with Gasteiger partial charge in [0, 0.05) is 0 Å². The molecule has 0 aliphatic carbocycles. The van der Waals surface area contributed by atoms with Crippen LogP contribution in [0.3, 0.4) is 0 Å². The molecule has 6 nitrogen and oxygen atoms in total. The first-order valence-corrected chi connectivity index (χ1v) is 3.54. The minimum atomic E-state index is -0.385. The Labute approximate surface area is 71.2 Å². The van der Waals surface area contributed by atoms with Crippen molar-refractivity contribution in [2.45, 2.75) is 6.92 Å². The standard InChI is InChI=1S/C5H4ClN5O/c1-2-3(6)4(12)11-5(7-2)8-9-10-11/h1H3,(H,7,8,10). The topological polar surface area (TPSA) is 75.9 Å². The first kappa shape index (κ1) is 7.23. The Morgan fingerprint density at radius 3 is 3.08 bits per heavy atom. The summed E-state index contributed by atoms with van der Waals surface area (Å²) in [4.78, 5) is 15.2. The van der Waals surface area contributed by atoms with E-state index in [9.17, 15) is 4.79 Å². The second-order valence-electron chi connectivity index (χ2n) is 2.25. The smallest absolute Gasteiger partial charge is 0.266 e. The molecule has 2 aromatic heterocycles. The van der Waals surface area contributed by atoms with E-state index in [1.807, 2.05) is 0 Å². The zero-order valence-electron chi connectivity index (χ0n) is 6.08.